The summed E-state index contributed by atoms with van der Waals surface area (Å²) in [7, 11) is 0. The highest BCUT2D eigenvalue weighted by Crippen LogP contribution is 2.12. The van der Waals surface area contributed by atoms with Crippen LogP contribution in [0.3, 0.4) is 0 Å². The van der Waals surface area contributed by atoms with Crippen molar-refractivity contribution in [2.75, 3.05) is 11.6 Å². The van der Waals surface area contributed by atoms with Gasteiger partial charge in [0, 0.05) is 4.88 Å². The summed E-state index contributed by atoms with van der Waals surface area (Å²) < 4.78 is 0. The second kappa shape index (κ2) is 7.94. The van der Waals surface area contributed by atoms with E-state index < -0.39 is 6.03 Å². The third-order valence-electron chi connectivity index (χ3n) is 2.68. The van der Waals surface area contributed by atoms with Gasteiger partial charge < -0.3 is 5.32 Å². The van der Waals surface area contributed by atoms with E-state index in [9.17, 15) is 14.4 Å². The summed E-state index contributed by atoms with van der Waals surface area (Å²) in [5.74, 6) is -0.323. The molecule has 113 valence electrons. The lowest BCUT2D eigenvalue weighted by atomic mass is 10.3. The quantitative estimate of drug-likeness (QED) is 0.823. The molecule has 1 aromatic heterocycles. The molecule has 2 aromatic rings. The molecule has 2 rings (SSSR count). The van der Waals surface area contributed by atoms with Gasteiger partial charge in [-0.05, 0) is 23.6 Å². The third kappa shape index (κ3) is 4.42. The number of rotatable bonds is 5. The van der Waals surface area contributed by atoms with E-state index in [1.807, 2.05) is 17.5 Å². The van der Waals surface area contributed by atoms with Crippen LogP contribution in [0.15, 0.2) is 47.8 Å². The lowest BCUT2D eigenvalue weighted by Crippen LogP contribution is -2.51. The van der Waals surface area contributed by atoms with E-state index in [1.54, 1.807) is 36.6 Å². The molecule has 7 heteroatoms. The van der Waals surface area contributed by atoms with Gasteiger partial charge in [0.15, 0.2) is 0 Å². The SMILES string of the molecule is O=[C]CNC(=O)N(NC(=O)Cc1cccs1)c1ccccc1. The van der Waals surface area contributed by atoms with Crippen molar-refractivity contribution in [2.24, 2.45) is 0 Å². The van der Waals surface area contributed by atoms with Crippen molar-refractivity contribution in [1.29, 1.82) is 0 Å². The Kier molecular flexibility index (Phi) is 5.67. The Labute approximate surface area is 131 Å². The number of amides is 3. The highest BCUT2D eigenvalue weighted by Gasteiger charge is 2.18. The number of para-hydroxylation sites is 1. The molecular weight excluding hydrogens is 302 g/mol. The molecule has 0 saturated carbocycles. The second-order valence-electron chi connectivity index (χ2n) is 4.27. The van der Waals surface area contributed by atoms with Crippen LogP contribution in [0.1, 0.15) is 4.88 Å². The minimum atomic E-state index is -0.603. The monoisotopic (exact) mass is 316 g/mol. The first-order valence-corrected chi connectivity index (χ1v) is 7.38. The Bertz CT molecular complexity index is 629. The van der Waals surface area contributed by atoms with E-state index in [0.717, 1.165) is 9.89 Å². The molecule has 1 heterocycles. The average molecular weight is 316 g/mol. The Morgan fingerprint density at radius 3 is 2.55 bits per heavy atom. The Morgan fingerprint density at radius 1 is 1.14 bits per heavy atom. The molecule has 0 atom stereocenters. The highest BCUT2D eigenvalue weighted by molar-refractivity contribution is 7.10. The number of carbonyl (C=O) groups excluding carboxylic acids is 3. The number of nitrogens with one attached hydrogen (secondary N) is 2. The Balaban J connectivity index is 2.08. The van der Waals surface area contributed by atoms with Gasteiger partial charge in [0.25, 0.3) is 0 Å². The van der Waals surface area contributed by atoms with Crippen molar-refractivity contribution in [2.45, 2.75) is 6.42 Å². The van der Waals surface area contributed by atoms with Crippen LogP contribution in [0.25, 0.3) is 0 Å². The van der Waals surface area contributed by atoms with Gasteiger partial charge in [-0.1, -0.05) is 24.3 Å². The molecule has 0 unspecified atom stereocenters. The van der Waals surface area contributed by atoms with E-state index in [1.165, 1.54) is 11.3 Å². The number of anilines is 1. The molecule has 3 amide bonds. The molecule has 1 radical (unpaired) electrons. The molecular formula is C15H14N3O3S. The van der Waals surface area contributed by atoms with Crippen LogP contribution >= 0.6 is 11.3 Å². The van der Waals surface area contributed by atoms with Crippen molar-refractivity contribution < 1.29 is 14.4 Å². The molecule has 0 spiro atoms. The first-order valence-electron chi connectivity index (χ1n) is 6.50. The molecule has 0 aliphatic carbocycles. The molecule has 1 aromatic carbocycles. The first-order chi connectivity index (χ1) is 10.7. The van der Waals surface area contributed by atoms with Gasteiger partial charge in [-0.25, -0.2) is 9.80 Å². The van der Waals surface area contributed by atoms with Crippen LogP contribution in [0.4, 0.5) is 10.5 Å². The Morgan fingerprint density at radius 2 is 1.91 bits per heavy atom. The number of hydrogen-bond donors (Lipinski definition) is 2. The van der Waals surface area contributed by atoms with Crippen LogP contribution in [-0.2, 0) is 16.0 Å². The molecule has 0 fully saturated rings. The zero-order valence-corrected chi connectivity index (χ0v) is 12.4. The minimum Gasteiger partial charge on any atom is -0.329 e. The minimum absolute atomic E-state index is 0.175. The molecule has 0 bridgehead atoms. The summed E-state index contributed by atoms with van der Waals surface area (Å²) in [5, 5.41) is 5.30. The molecule has 6 nitrogen and oxygen atoms in total. The van der Waals surface area contributed by atoms with Gasteiger partial charge >= 0.3 is 6.03 Å². The lowest BCUT2D eigenvalue weighted by molar-refractivity contribution is -0.120. The summed E-state index contributed by atoms with van der Waals surface area (Å²) in [5.41, 5.74) is 3.03. The number of urea groups is 1. The summed E-state index contributed by atoms with van der Waals surface area (Å²) in [6.07, 6.45) is 1.75. The van der Waals surface area contributed by atoms with Crippen LogP contribution in [0.5, 0.6) is 0 Å². The van der Waals surface area contributed by atoms with Gasteiger partial charge in [0.1, 0.15) is 0 Å². The molecule has 0 saturated heterocycles. The van der Waals surface area contributed by atoms with Gasteiger partial charge in [-0.15, -0.1) is 11.3 Å². The lowest BCUT2D eigenvalue weighted by Gasteiger charge is -2.23. The van der Waals surface area contributed by atoms with Gasteiger partial charge in [0.2, 0.25) is 12.2 Å². The predicted molar refractivity (Wildman–Crippen MR) is 84.2 cm³/mol. The van der Waals surface area contributed by atoms with Gasteiger partial charge in [-0.3, -0.25) is 15.0 Å². The maximum atomic E-state index is 12.1. The highest BCUT2D eigenvalue weighted by atomic mass is 32.1. The zero-order valence-electron chi connectivity index (χ0n) is 11.6. The summed E-state index contributed by atoms with van der Waals surface area (Å²) >= 11 is 1.47. The molecule has 22 heavy (non-hydrogen) atoms. The zero-order chi connectivity index (χ0) is 15.8. The maximum Gasteiger partial charge on any atom is 0.341 e. The van der Waals surface area contributed by atoms with Crippen molar-refractivity contribution in [1.82, 2.24) is 10.7 Å². The van der Waals surface area contributed by atoms with Crippen molar-refractivity contribution >= 4 is 35.2 Å². The van der Waals surface area contributed by atoms with E-state index >= 15 is 0 Å². The number of nitrogens with zero attached hydrogens (tertiary/aromatic N) is 1. The molecule has 2 N–H and O–H groups in total. The topological polar surface area (TPSA) is 78.5 Å². The van der Waals surface area contributed by atoms with Crippen molar-refractivity contribution in [3.8, 4) is 0 Å². The van der Waals surface area contributed by atoms with E-state index in [0.29, 0.717) is 5.69 Å². The predicted octanol–water partition coefficient (Wildman–Crippen LogP) is 1.65. The maximum absolute atomic E-state index is 12.1. The van der Waals surface area contributed by atoms with E-state index in [-0.39, 0.29) is 18.9 Å². The van der Waals surface area contributed by atoms with Crippen molar-refractivity contribution in [3.63, 3.8) is 0 Å². The first kappa shape index (κ1) is 15.7. The normalized spacial score (nSPS) is 9.82. The largest absolute Gasteiger partial charge is 0.341 e. The fourth-order valence-electron chi connectivity index (χ4n) is 1.74. The smallest absolute Gasteiger partial charge is 0.329 e. The number of hydrazine groups is 1. The van der Waals surface area contributed by atoms with E-state index in [4.69, 9.17) is 0 Å². The number of thiophene rings is 1. The number of carbonyl (C=O) groups is 2. The summed E-state index contributed by atoms with van der Waals surface area (Å²) in [6.45, 7) is -0.247. The average Bonchev–Trinajstić information content (AvgIpc) is 3.04. The number of benzene rings is 1. The van der Waals surface area contributed by atoms with E-state index in [2.05, 4.69) is 10.7 Å². The summed E-state index contributed by atoms with van der Waals surface area (Å²) in [4.78, 5) is 35.3. The molecule has 0 aliphatic rings. The van der Waals surface area contributed by atoms with Crippen LogP contribution in [-0.4, -0.2) is 24.8 Å². The van der Waals surface area contributed by atoms with Crippen LogP contribution in [0, 0.1) is 0 Å². The second-order valence-corrected chi connectivity index (χ2v) is 5.30. The van der Waals surface area contributed by atoms with Crippen LogP contribution < -0.4 is 15.8 Å². The molecule has 0 aliphatic heterocycles. The van der Waals surface area contributed by atoms with Gasteiger partial charge in [0.05, 0.1) is 18.7 Å². The Hall–Kier alpha value is -2.67. The standard InChI is InChI=1S/C15H14N3O3S/c19-9-8-16-15(21)18(12-5-2-1-3-6-12)17-14(20)11-13-7-4-10-22-13/h1-7,10H,8,11H2,(H,16,21)(H,17,20). The fourth-order valence-corrected chi connectivity index (χ4v) is 2.44. The van der Waals surface area contributed by atoms with Crippen LogP contribution in [0.2, 0.25) is 0 Å². The fraction of sp³-hybridized carbons (Fsp3) is 0.133. The summed E-state index contributed by atoms with van der Waals surface area (Å²) in [6, 6.07) is 11.7. The van der Waals surface area contributed by atoms with Gasteiger partial charge in [-0.2, -0.15) is 0 Å². The van der Waals surface area contributed by atoms with Crippen molar-refractivity contribution in [3.05, 3.63) is 52.7 Å². The number of hydrogen-bond acceptors (Lipinski definition) is 4. The third-order valence-corrected chi connectivity index (χ3v) is 3.56.